The van der Waals surface area contributed by atoms with E-state index in [1.807, 2.05) is 0 Å². The first-order chi connectivity index (χ1) is 8.06. The third-order valence-electron chi connectivity index (χ3n) is 3.06. The highest BCUT2D eigenvalue weighted by atomic mass is 79.9. The minimum atomic E-state index is -0.259. The van der Waals surface area contributed by atoms with Crippen LogP contribution in [0, 0.1) is 11.7 Å². The molecule has 2 rings (SSSR count). The monoisotopic (exact) mass is 300 g/mol. The van der Waals surface area contributed by atoms with Gasteiger partial charge in [0.2, 0.25) is 5.91 Å². The molecule has 17 heavy (non-hydrogen) atoms. The van der Waals surface area contributed by atoms with E-state index in [-0.39, 0.29) is 17.6 Å². The lowest BCUT2D eigenvalue weighted by Gasteiger charge is -2.15. The van der Waals surface area contributed by atoms with E-state index in [1.54, 1.807) is 12.1 Å². The number of primary amides is 1. The summed E-state index contributed by atoms with van der Waals surface area (Å²) in [6.45, 7) is 2.29. The molecule has 92 valence electrons. The van der Waals surface area contributed by atoms with Gasteiger partial charge in [-0.25, -0.2) is 4.39 Å². The maximum atomic E-state index is 13.1. The molecule has 0 aromatic heterocycles. The van der Waals surface area contributed by atoms with Gasteiger partial charge in [0.1, 0.15) is 5.82 Å². The number of halogens is 2. The number of rotatable bonds is 3. The molecule has 0 radical (unpaired) electrons. The minimum Gasteiger partial charge on any atom is -0.369 e. The standard InChI is InChI=1S/C12H14BrFN2O/c13-10-5-8(1-2-11(10)14)6-16-4-3-9(7-16)12(15)17/h1-2,5,9H,3-4,6-7H2,(H2,15,17). The number of carbonyl (C=O) groups is 1. The number of likely N-dealkylation sites (tertiary alicyclic amines) is 1. The summed E-state index contributed by atoms with van der Waals surface area (Å²) in [4.78, 5) is 13.2. The predicted octanol–water partition coefficient (Wildman–Crippen LogP) is 1.90. The van der Waals surface area contributed by atoms with E-state index in [0.717, 1.165) is 25.1 Å². The topological polar surface area (TPSA) is 46.3 Å². The number of benzene rings is 1. The largest absolute Gasteiger partial charge is 0.369 e. The third-order valence-corrected chi connectivity index (χ3v) is 3.67. The first kappa shape index (κ1) is 12.5. The second-order valence-electron chi connectivity index (χ2n) is 4.37. The Hall–Kier alpha value is -0.940. The second-order valence-corrected chi connectivity index (χ2v) is 5.23. The van der Waals surface area contributed by atoms with Crippen LogP contribution in [0.3, 0.4) is 0 Å². The lowest BCUT2D eigenvalue weighted by Crippen LogP contribution is -2.27. The molecular weight excluding hydrogens is 287 g/mol. The fourth-order valence-corrected chi connectivity index (χ4v) is 2.53. The Morgan fingerprint density at radius 2 is 2.35 bits per heavy atom. The predicted molar refractivity (Wildman–Crippen MR) is 66.7 cm³/mol. The molecule has 0 spiro atoms. The Labute approximate surface area is 108 Å². The molecule has 2 N–H and O–H groups in total. The van der Waals surface area contributed by atoms with Gasteiger partial charge in [-0.3, -0.25) is 9.69 Å². The summed E-state index contributed by atoms with van der Waals surface area (Å²) in [6.07, 6.45) is 0.817. The van der Waals surface area contributed by atoms with Crippen molar-refractivity contribution in [1.82, 2.24) is 4.90 Å². The molecule has 1 atom stereocenters. The molecule has 1 aliphatic rings. The molecule has 1 amide bonds. The van der Waals surface area contributed by atoms with Gasteiger partial charge >= 0.3 is 0 Å². The van der Waals surface area contributed by atoms with Crippen LogP contribution in [-0.2, 0) is 11.3 Å². The van der Waals surface area contributed by atoms with Crippen LogP contribution in [-0.4, -0.2) is 23.9 Å². The quantitative estimate of drug-likeness (QED) is 0.927. The molecule has 0 aliphatic carbocycles. The van der Waals surface area contributed by atoms with E-state index in [1.165, 1.54) is 6.07 Å². The smallest absolute Gasteiger partial charge is 0.221 e. The zero-order valence-corrected chi connectivity index (χ0v) is 10.9. The molecule has 1 saturated heterocycles. The normalized spacial score (nSPS) is 20.7. The fraction of sp³-hybridized carbons (Fsp3) is 0.417. The van der Waals surface area contributed by atoms with Crippen molar-refractivity contribution in [3.8, 4) is 0 Å². The Morgan fingerprint density at radius 1 is 1.59 bits per heavy atom. The summed E-state index contributed by atoms with van der Waals surface area (Å²) in [5, 5.41) is 0. The number of nitrogens with two attached hydrogens (primary N) is 1. The number of carbonyl (C=O) groups excluding carboxylic acids is 1. The molecule has 3 nitrogen and oxygen atoms in total. The fourth-order valence-electron chi connectivity index (χ4n) is 2.10. The Kier molecular flexibility index (Phi) is 3.79. The summed E-state index contributed by atoms with van der Waals surface area (Å²) in [5.41, 5.74) is 6.31. The summed E-state index contributed by atoms with van der Waals surface area (Å²) < 4.78 is 13.5. The van der Waals surface area contributed by atoms with Crippen molar-refractivity contribution in [3.05, 3.63) is 34.1 Å². The van der Waals surface area contributed by atoms with Gasteiger partial charge in [-0.15, -0.1) is 0 Å². The van der Waals surface area contributed by atoms with Crippen LogP contribution in [0.5, 0.6) is 0 Å². The number of hydrogen-bond acceptors (Lipinski definition) is 2. The van der Waals surface area contributed by atoms with Gasteiger partial charge < -0.3 is 5.73 Å². The van der Waals surface area contributed by atoms with Crippen LogP contribution < -0.4 is 5.73 Å². The van der Waals surface area contributed by atoms with Crippen molar-refractivity contribution in [2.24, 2.45) is 11.7 Å². The van der Waals surface area contributed by atoms with Gasteiger partial charge in [0.05, 0.1) is 10.4 Å². The first-order valence-electron chi connectivity index (χ1n) is 5.52. The van der Waals surface area contributed by atoms with E-state index in [0.29, 0.717) is 11.0 Å². The average Bonchev–Trinajstić information content (AvgIpc) is 2.72. The summed E-state index contributed by atoms with van der Waals surface area (Å²) in [7, 11) is 0. The Balaban J connectivity index is 1.98. The highest BCUT2D eigenvalue weighted by Crippen LogP contribution is 2.21. The highest BCUT2D eigenvalue weighted by molar-refractivity contribution is 9.10. The molecule has 0 saturated carbocycles. The van der Waals surface area contributed by atoms with Gasteiger partial charge in [-0.1, -0.05) is 6.07 Å². The van der Waals surface area contributed by atoms with Crippen molar-refractivity contribution in [2.75, 3.05) is 13.1 Å². The van der Waals surface area contributed by atoms with E-state index in [4.69, 9.17) is 5.73 Å². The number of nitrogens with zero attached hydrogens (tertiary/aromatic N) is 1. The molecule has 0 bridgehead atoms. The van der Waals surface area contributed by atoms with Crippen LogP contribution in [0.2, 0.25) is 0 Å². The van der Waals surface area contributed by atoms with E-state index >= 15 is 0 Å². The van der Waals surface area contributed by atoms with Crippen molar-refractivity contribution in [2.45, 2.75) is 13.0 Å². The van der Waals surface area contributed by atoms with Crippen LogP contribution in [0.25, 0.3) is 0 Å². The van der Waals surface area contributed by atoms with E-state index in [2.05, 4.69) is 20.8 Å². The zero-order chi connectivity index (χ0) is 12.4. The van der Waals surface area contributed by atoms with Gasteiger partial charge in [0.25, 0.3) is 0 Å². The maximum Gasteiger partial charge on any atom is 0.221 e. The second kappa shape index (κ2) is 5.14. The number of hydrogen-bond donors (Lipinski definition) is 1. The zero-order valence-electron chi connectivity index (χ0n) is 9.33. The highest BCUT2D eigenvalue weighted by Gasteiger charge is 2.26. The Morgan fingerprint density at radius 3 is 2.94 bits per heavy atom. The van der Waals surface area contributed by atoms with Gasteiger partial charge in [-0.2, -0.15) is 0 Å². The third kappa shape index (κ3) is 3.04. The van der Waals surface area contributed by atoms with Crippen LogP contribution in [0.4, 0.5) is 4.39 Å². The molecule has 1 heterocycles. The van der Waals surface area contributed by atoms with Crippen molar-refractivity contribution < 1.29 is 9.18 Å². The molecule has 1 unspecified atom stereocenters. The average molecular weight is 301 g/mol. The summed E-state index contributed by atoms with van der Waals surface area (Å²) in [5.74, 6) is -0.531. The molecule has 1 fully saturated rings. The van der Waals surface area contributed by atoms with Gasteiger partial charge in [-0.05, 0) is 46.6 Å². The SMILES string of the molecule is NC(=O)C1CCN(Cc2ccc(F)c(Br)c2)C1. The van der Waals surface area contributed by atoms with Crippen molar-refractivity contribution >= 4 is 21.8 Å². The van der Waals surface area contributed by atoms with Gasteiger partial charge in [0, 0.05) is 13.1 Å². The van der Waals surface area contributed by atoms with Crippen molar-refractivity contribution in [3.63, 3.8) is 0 Å². The molecular formula is C12H14BrFN2O. The van der Waals surface area contributed by atoms with Crippen molar-refractivity contribution in [1.29, 1.82) is 0 Å². The van der Waals surface area contributed by atoms with E-state index in [9.17, 15) is 9.18 Å². The molecule has 1 aromatic carbocycles. The van der Waals surface area contributed by atoms with E-state index < -0.39 is 0 Å². The molecule has 5 heteroatoms. The Bertz CT molecular complexity index is 439. The molecule has 1 aromatic rings. The van der Waals surface area contributed by atoms with Crippen LogP contribution in [0.15, 0.2) is 22.7 Å². The van der Waals surface area contributed by atoms with Crippen LogP contribution in [0.1, 0.15) is 12.0 Å². The van der Waals surface area contributed by atoms with Crippen LogP contribution >= 0.6 is 15.9 Å². The summed E-state index contributed by atoms with van der Waals surface area (Å²) >= 11 is 3.16. The summed E-state index contributed by atoms with van der Waals surface area (Å²) in [6, 6.07) is 4.98. The number of amides is 1. The minimum absolute atomic E-state index is 0.0427. The lowest BCUT2D eigenvalue weighted by molar-refractivity contribution is -0.121. The maximum absolute atomic E-state index is 13.1. The first-order valence-corrected chi connectivity index (χ1v) is 6.31. The van der Waals surface area contributed by atoms with Gasteiger partial charge in [0.15, 0.2) is 0 Å². The lowest BCUT2D eigenvalue weighted by atomic mass is 10.1. The molecule has 1 aliphatic heterocycles.